The zero-order chi connectivity index (χ0) is 32.8. The quantitative estimate of drug-likeness (QED) is 0.132. The summed E-state index contributed by atoms with van der Waals surface area (Å²) in [4.78, 5) is 4.50. The molecule has 0 amide bonds. The van der Waals surface area contributed by atoms with Crippen molar-refractivity contribution in [3.63, 3.8) is 0 Å². The van der Waals surface area contributed by atoms with Crippen LogP contribution in [0.15, 0.2) is 104 Å². The molecule has 0 atom stereocenters. The van der Waals surface area contributed by atoms with Gasteiger partial charge in [-0.2, -0.15) is 23.3 Å². The molecule has 8 aromatic rings. The molecule has 0 N–H and O–H groups in total. The van der Waals surface area contributed by atoms with Gasteiger partial charge in [-0.05, 0) is 98.8 Å². The van der Waals surface area contributed by atoms with E-state index in [4.69, 9.17) is 0 Å². The predicted molar refractivity (Wildman–Crippen MR) is 195 cm³/mol. The maximum absolute atomic E-state index is 4.63. The van der Waals surface area contributed by atoms with Gasteiger partial charge in [0.05, 0.1) is 11.3 Å². The third-order valence-corrected chi connectivity index (χ3v) is 9.05. The molecule has 0 bridgehead atoms. The molecule has 5 heteroatoms. The number of aryl methyl sites for hydroxylation is 7. The van der Waals surface area contributed by atoms with Crippen LogP contribution in [0.25, 0.3) is 55.4 Å². The summed E-state index contributed by atoms with van der Waals surface area (Å²) in [5.41, 5.74) is 15.9. The second-order valence-corrected chi connectivity index (χ2v) is 12.7. The predicted octanol–water partition coefficient (Wildman–Crippen LogP) is 10.6. The first-order chi connectivity index (χ1) is 22.7. The topological polar surface area (TPSA) is 35.1 Å². The van der Waals surface area contributed by atoms with Crippen molar-refractivity contribution in [1.82, 2.24) is 19.2 Å². The number of hydrogen-bond donors (Lipinski definition) is 0. The van der Waals surface area contributed by atoms with E-state index in [1.54, 1.807) is 0 Å². The molecule has 1 radical (unpaired) electrons. The number of imidazole rings is 1. The van der Waals surface area contributed by atoms with Crippen molar-refractivity contribution in [2.24, 2.45) is 0 Å². The first kappa shape index (κ1) is 33.1. The SMILES string of the molecule is Cc1cc(C)c(-n2ccnc2-c2[c-]cccc2)c(C)c1.Cc1cc(C)c2c(c1)c1c(-c3c(C)cccc3C)cc[c-]c1n1nccc21.[Ir]. The van der Waals surface area contributed by atoms with Crippen LogP contribution in [-0.2, 0) is 20.1 Å². The molecule has 8 rings (SSSR count). The van der Waals surface area contributed by atoms with Gasteiger partial charge in [-0.25, -0.2) is 0 Å². The van der Waals surface area contributed by atoms with Crippen LogP contribution in [0.2, 0.25) is 0 Å². The molecule has 3 aromatic heterocycles. The van der Waals surface area contributed by atoms with E-state index in [9.17, 15) is 0 Å². The smallest absolute Gasteiger partial charge is 0.0714 e. The van der Waals surface area contributed by atoms with Crippen LogP contribution in [0.4, 0.5) is 0 Å². The largest absolute Gasteiger partial charge is 0.340 e. The van der Waals surface area contributed by atoms with Crippen LogP contribution in [0.1, 0.15) is 38.9 Å². The van der Waals surface area contributed by atoms with Gasteiger partial charge >= 0.3 is 0 Å². The van der Waals surface area contributed by atoms with Crippen molar-refractivity contribution in [2.75, 3.05) is 0 Å². The summed E-state index contributed by atoms with van der Waals surface area (Å²) in [6.45, 7) is 15.2. The maximum Gasteiger partial charge on any atom is 0.0714 e. The van der Waals surface area contributed by atoms with Gasteiger partial charge in [-0.15, -0.1) is 41.5 Å². The van der Waals surface area contributed by atoms with E-state index in [0.29, 0.717) is 0 Å². The van der Waals surface area contributed by atoms with E-state index < -0.39 is 0 Å². The summed E-state index contributed by atoms with van der Waals surface area (Å²) in [5, 5.41) is 8.41. The summed E-state index contributed by atoms with van der Waals surface area (Å²) < 4.78 is 4.19. The Morgan fingerprint density at radius 2 is 1.33 bits per heavy atom. The number of rotatable bonds is 3. The number of aromatic nitrogens is 4. The molecule has 241 valence electrons. The Morgan fingerprint density at radius 1 is 0.625 bits per heavy atom. The average Bonchev–Trinajstić information content (AvgIpc) is 3.72. The molecular formula is C43H38IrN4-2. The first-order valence-corrected chi connectivity index (χ1v) is 16.1. The molecule has 0 spiro atoms. The number of pyridine rings is 1. The van der Waals surface area contributed by atoms with Crippen molar-refractivity contribution in [2.45, 2.75) is 48.5 Å². The number of nitrogens with zero attached hydrogens (tertiary/aromatic N) is 4. The van der Waals surface area contributed by atoms with Crippen molar-refractivity contribution >= 4 is 27.2 Å². The summed E-state index contributed by atoms with van der Waals surface area (Å²) in [5.74, 6) is 0.931. The van der Waals surface area contributed by atoms with Gasteiger partial charge in [0.2, 0.25) is 0 Å². The zero-order valence-electron chi connectivity index (χ0n) is 28.4. The standard InChI is InChI=1S/C25H21N2.C18H17N2.Ir/c1-15-13-18(4)24-20(14-15)25-19(23-16(2)7-5-8-17(23)3)9-6-10-21(25)27-22(24)11-12-26-27;1-13-11-14(2)17(15(3)12-13)20-10-9-19-18(20)16-7-5-4-6-8-16;/h5-9,11-14H,1-4H3;4-7,9-12H,1-3H3;/q2*-1;. The molecule has 0 saturated heterocycles. The Hall–Kier alpha value is -4.83. The van der Waals surface area contributed by atoms with Gasteiger partial charge in [-0.3, -0.25) is 9.50 Å². The Kier molecular flexibility index (Phi) is 9.20. The molecule has 0 fully saturated rings. The molecule has 0 unspecified atom stereocenters. The third kappa shape index (κ3) is 5.78. The molecule has 0 aliphatic heterocycles. The van der Waals surface area contributed by atoms with Gasteiger partial charge in [-0.1, -0.05) is 64.4 Å². The summed E-state index contributed by atoms with van der Waals surface area (Å²) >= 11 is 0. The first-order valence-electron chi connectivity index (χ1n) is 16.1. The molecule has 4 nitrogen and oxygen atoms in total. The monoisotopic (exact) mass is 803 g/mol. The fourth-order valence-electron chi connectivity index (χ4n) is 7.32. The minimum absolute atomic E-state index is 0. The molecule has 5 aromatic carbocycles. The zero-order valence-corrected chi connectivity index (χ0v) is 30.8. The van der Waals surface area contributed by atoms with E-state index in [-0.39, 0.29) is 20.1 Å². The fourth-order valence-corrected chi connectivity index (χ4v) is 7.32. The van der Waals surface area contributed by atoms with Crippen LogP contribution in [0.5, 0.6) is 0 Å². The van der Waals surface area contributed by atoms with E-state index >= 15 is 0 Å². The van der Waals surface area contributed by atoms with E-state index in [2.05, 4.69) is 130 Å². The van der Waals surface area contributed by atoms with Crippen LogP contribution < -0.4 is 0 Å². The summed E-state index contributed by atoms with van der Waals surface area (Å²) in [6.07, 6.45) is 5.74. The number of hydrogen-bond acceptors (Lipinski definition) is 2. The van der Waals surface area contributed by atoms with Gasteiger partial charge in [0.25, 0.3) is 0 Å². The molecule has 0 saturated carbocycles. The summed E-state index contributed by atoms with van der Waals surface area (Å²) in [7, 11) is 0. The van der Waals surface area contributed by atoms with E-state index in [1.165, 1.54) is 71.9 Å². The van der Waals surface area contributed by atoms with Crippen LogP contribution in [-0.4, -0.2) is 19.2 Å². The van der Waals surface area contributed by atoms with Crippen molar-refractivity contribution in [3.05, 3.63) is 155 Å². The van der Waals surface area contributed by atoms with Crippen LogP contribution in [0, 0.1) is 60.6 Å². The number of fused-ring (bicyclic) bond motifs is 6. The van der Waals surface area contributed by atoms with Crippen molar-refractivity contribution in [3.8, 4) is 28.2 Å². The average molecular weight is 803 g/mol. The minimum Gasteiger partial charge on any atom is -0.340 e. The normalized spacial score (nSPS) is 11.1. The number of benzene rings is 5. The van der Waals surface area contributed by atoms with E-state index in [1.807, 2.05) is 53.4 Å². The van der Waals surface area contributed by atoms with Crippen LogP contribution in [0.3, 0.4) is 0 Å². The Labute approximate surface area is 296 Å². The van der Waals surface area contributed by atoms with Gasteiger partial charge in [0.1, 0.15) is 0 Å². The van der Waals surface area contributed by atoms with Crippen molar-refractivity contribution < 1.29 is 20.1 Å². The Morgan fingerprint density at radius 3 is 2.04 bits per heavy atom. The second kappa shape index (κ2) is 13.4. The molecule has 3 heterocycles. The Bertz CT molecular complexity index is 2390. The van der Waals surface area contributed by atoms with Crippen LogP contribution >= 0.6 is 0 Å². The van der Waals surface area contributed by atoms with Gasteiger partial charge < -0.3 is 4.57 Å². The molecule has 0 aliphatic rings. The summed E-state index contributed by atoms with van der Waals surface area (Å²) in [6, 6.07) is 36.5. The second-order valence-electron chi connectivity index (χ2n) is 12.7. The van der Waals surface area contributed by atoms with Gasteiger partial charge in [0.15, 0.2) is 0 Å². The van der Waals surface area contributed by atoms with Gasteiger partial charge in [0, 0.05) is 44.4 Å². The van der Waals surface area contributed by atoms with Crippen molar-refractivity contribution in [1.29, 1.82) is 0 Å². The molecule has 0 aliphatic carbocycles. The Balaban J connectivity index is 0.000000171. The molecular weight excluding hydrogens is 765 g/mol. The molecule has 48 heavy (non-hydrogen) atoms. The fraction of sp³-hybridized carbons (Fsp3) is 0.163. The third-order valence-electron chi connectivity index (χ3n) is 9.05. The minimum atomic E-state index is 0. The maximum atomic E-state index is 4.63. The van der Waals surface area contributed by atoms with E-state index in [0.717, 1.165) is 22.4 Å².